The van der Waals surface area contributed by atoms with Crippen molar-refractivity contribution in [3.05, 3.63) is 26.6 Å². The van der Waals surface area contributed by atoms with Crippen molar-refractivity contribution in [2.75, 3.05) is 5.75 Å². The summed E-state index contributed by atoms with van der Waals surface area (Å²) in [5, 5.41) is 17.4. The van der Waals surface area contributed by atoms with E-state index in [-0.39, 0.29) is 5.75 Å². The Morgan fingerprint density at radius 3 is 2.95 bits per heavy atom. The van der Waals surface area contributed by atoms with Gasteiger partial charge in [-0.25, -0.2) is 0 Å². The highest BCUT2D eigenvalue weighted by atomic mass is 79.9. The molecular formula is C11H12BrN3O2S2. The van der Waals surface area contributed by atoms with Gasteiger partial charge in [-0.2, -0.15) is 0 Å². The van der Waals surface area contributed by atoms with Crippen molar-refractivity contribution in [3.8, 4) is 0 Å². The summed E-state index contributed by atoms with van der Waals surface area (Å²) in [5.41, 5.74) is 0. The van der Waals surface area contributed by atoms with Crippen molar-refractivity contribution in [2.45, 2.75) is 25.0 Å². The lowest BCUT2D eigenvalue weighted by atomic mass is 10.3. The summed E-state index contributed by atoms with van der Waals surface area (Å²) in [5.74, 6) is -0.0363. The monoisotopic (exact) mass is 361 g/mol. The maximum absolute atomic E-state index is 10.6. The quantitative estimate of drug-likeness (QED) is 0.801. The predicted octanol–water partition coefficient (Wildman–Crippen LogP) is 2.83. The molecule has 0 aliphatic rings. The van der Waals surface area contributed by atoms with Crippen LogP contribution in [0, 0.1) is 6.92 Å². The molecule has 1 N–H and O–H groups in total. The standard InChI is InChI=1S/C11H12BrN3O2S2/c1-7-13-14-11(18-6-10(16)17)15(7)5-4-8-2-3-9(12)19-8/h2-3H,4-6H2,1H3,(H,16,17). The number of thiophene rings is 1. The average molecular weight is 362 g/mol. The van der Waals surface area contributed by atoms with Crippen LogP contribution in [0.15, 0.2) is 21.1 Å². The molecule has 8 heteroatoms. The second kappa shape index (κ2) is 6.53. The number of carboxylic acid groups (broad SMARTS) is 1. The van der Waals surface area contributed by atoms with Crippen LogP contribution >= 0.6 is 39.0 Å². The lowest BCUT2D eigenvalue weighted by molar-refractivity contribution is -0.133. The van der Waals surface area contributed by atoms with E-state index in [1.165, 1.54) is 16.6 Å². The van der Waals surface area contributed by atoms with E-state index in [2.05, 4.69) is 32.2 Å². The third kappa shape index (κ3) is 4.05. The number of rotatable bonds is 6. The number of aromatic nitrogens is 3. The topological polar surface area (TPSA) is 68.0 Å². The van der Waals surface area contributed by atoms with Crippen LogP contribution in [0.3, 0.4) is 0 Å². The van der Waals surface area contributed by atoms with Crippen LogP contribution in [0.4, 0.5) is 0 Å². The van der Waals surface area contributed by atoms with E-state index in [0.717, 1.165) is 22.6 Å². The fourth-order valence-corrected chi connectivity index (χ4v) is 3.76. The maximum atomic E-state index is 10.6. The first-order valence-corrected chi connectivity index (χ1v) is 8.14. The maximum Gasteiger partial charge on any atom is 0.313 e. The average Bonchev–Trinajstić information content (AvgIpc) is 2.91. The summed E-state index contributed by atoms with van der Waals surface area (Å²) < 4.78 is 3.07. The molecular weight excluding hydrogens is 350 g/mol. The Bertz CT molecular complexity index is 582. The number of aliphatic carboxylic acids is 1. The summed E-state index contributed by atoms with van der Waals surface area (Å²) in [4.78, 5) is 11.9. The Hall–Kier alpha value is -0.860. The molecule has 0 spiro atoms. The van der Waals surface area contributed by atoms with Crippen LogP contribution in [0.5, 0.6) is 0 Å². The Morgan fingerprint density at radius 2 is 2.32 bits per heavy atom. The highest BCUT2D eigenvalue weighted by Crippen LogP contribution is 2.24. The molecule has 0 unspecified atom stereocenters. The number of halogens is 1. The number of carboxylic acids is 1. The first-order valence-electron chi connectivity index (χ1n) is 5.55. The Labute approximate surface area is 127 Å². The van der Waals surface area contributed by atoms with E-state index in [4.69, 9.17) is 5.11 Å². The number of nitrogens with zero attached hydrogens (tertiary/aromatic N) is 3. The van der Waals surface area contributed by atoms with Crippen molar-refractivity contribution in [1.82, 2.24) is 14.8 Å². The first kappa shape index (κ1) is 14.5. The smallest absolute Gasteiger partial charge is 0.313 e. The lowest BCUT2D eigenvalue weighted by Gasteiger charge is -2.06. The van der Waals surface area contributed by atoms with Gasteiger partial charge in [0.1, 0.15) is 5.82 Å². The molecule has 0 aliphatic carbocycles. The Balaban J connectivity index is 2.02. The molecule has 0 bridgehead atoms. The van der Waals surface area contributed by atoms with Crippen molar-refractivity contribution in [2.24, 2.45) is 0 Å². The summed E-state index contributed by atoms with van der Waals surface area (Å²) in [6.07, 6.45) is 0.885. The minimum Gasteiger partial charge on any atom is -0.481 e. The first-order chi connectivity index (χ1) is 9.06. The van der Waals surface area contributed by atoms with E-state index in [0.29, 0.717) is 5.16 Å². The van der Waals surface area contributed by atoms with Gasteiger partial charge in [-0.1, -0.05) is 11.8 Å². The number of thioether (sulfide) groups is 1. The highest BCUT2D eigenvalue weighted by Gasteiger charge is 2.11. The van der Waals surface area contributed by atoms with Gasteiger partial charge >= 0.3 is 5.97 Å². The molecule has 19 heavy (non-hydrogen) atoms. The molecule has 0 aromatic carbocycles. The van der Waals surface area contributed by atoms with Gasteiger partial charge < -0.3 is 9.67 Å². The molecule has 0 atom stereocenters. The van der Waals surface area contributed by atoms with Crippen molar-refractivity contribution in [3.63, 3.8) is 0 Å². The summed E-state index contributed by atoms with van der Waals surface area (Å²) >= 11 is 6.34. The van der Waals surface area contributed by atoms with Gasteiger partial charge in [-0.05, 0) is 41.4 Å². The molecule has 5 nitrogen and oxygen atoms in total. The largest absolute Gasteiger partial charge is 0.481 e. The summed E-state index contributed by atoms with van der Waals surface area (Å²) in [6, 6.07) is 4.11. The fourth-order valence-electron chi connectivity index (χ4n) is 1.56. The van der Waals surface area contributed by atoms with Crippen LogP contribution in [-0.2, 0) is 17.8 Å². The highest BCUT2D eigenvalue weighted by molar-refractivity contribution is 9.11. The number of aryl methyl sites for hydroxylation is 2. The SMILES string of the molecule is Cc1nnc(SCC(=O)O)n1CCc1ccc(Br)s1. The molecule has 0 saturated heterocycles. The van der Waals surface area contributed by atoms with E-state index < -0.39 is 5.97 Å². The van der Waals surface area contributed by atoms with Gasteiger partial charge in [0.25, 0.3) is 0 Å². The number of hydrogen-bond acceptors (Lipinski definition) is 5. The Kier molecular flexibility index (Phi) is 5.00. The van der Waals surface area contributed by atoms with E-state index in [9.17, 15) is 4.79 Å². The zero-order valence-electron chi connectivity index (χ0n) is 10.2. The van der Waals surface area contributed by atoms with Gasteiger partial charge in [0, 0.05) is 11.4 Å². The van der Waals surface area contributed by atoms with Gasteiger partial charge in [-0.3, -0.25) is 4.79 Å². The Morgan fingerprint density at radius 1 is 1.53 bits per heavy atom. The molecule has 2 rings (SSSR count). The minimum absolute atomic E-state index is 0.00266. The third-order valence-corrected chi connectivity index (χ3v) is 5.07. The molecule has 2 aromatic rings. The number of hydrogen-bond donors (Lipinski definition) is 1. The van der Waals surface area contributed by atoms with E-state index in [1.54, 1.807) is 11.3 Å². The van der Waals surface area contributed by atoms with Crippen LogP contribution in [-0.4, -0.2) is 31.6 Å². The normalized spacial score (nSPS) is 10.8. The second-order valence-corrected chi connectivity index (χ2v) is 7.31. The molecule has 2 heterocycles. The zero-order chi connectivity index (χ0) is 13.8. The molecule has 0 fully saturated rings. The second-order valence-electron chi connectivity index (χ2n) is 3.82. The van der Waals surface area contributed by atoms with Gasteiger partial charge in [0.15, 0.2) is 5.16 Å². The zero-order valence-corrected chi connectivity index (χ0v) is 13.4. The predicted molar refractivity (Wildman–Crippen MR) is 78.8 cm³/mol. The van der Waals surface area contributed by atoms with Crippen LogP contribution in [0.1, 0.15) is 10.7 Å². The lowest BCUT2D eigenvalue weighted by Crippen LogP contribution is -2.06. The summed E-state index contributed by atoms with van der Waals surface area (Å²) in [6.45, 7) is 2.63. The molecule has 2 aromatic heterocycles. The summed E-state index contributed by atoms with van der Waals surface area (Å²) in [7, 11) is 0. The van der Waals surface area contributed by atoms with Gasteiger partial charge in [0.2, 0.25) is 0 Å². The molecule has 0 saturated carbocycles. The van der Waals surface area contributed by atoms with Crippen molar-refractivity contribution < 1.29 is 9.90 Å². The van der Waals surface area contributed by atoms with Crippen LogP contribution in [0.25, 0.3) is 0 Å². The van der Waals surface area contributed by atoms with E-state index in [1.807, 2.05) is 17.6 Å². The van der Waals surface area contributed by atoms with Crippen molar-refractivity contribution in [1.29, 1.82) is 0 Å². The van der Waals surface area contributed by atoms with Crippen LogP contribution in [0.2, 0.25) is 0 Å². The molecule has 102 valence electrons. The molecule has 0 amide bonds. The van der Waals surface area contributed by atoms with Crippen LogP contribution < -0.4 is 0 Å². The molecule has 0 aliphatic heterocycles. The number of carbonyl (C=O) groups is 1. The van der Waals surface area contributed by atoms with E-state index >= 15 is 0 Å². The van der Waals surface area contributed by atoms with Crippen molar-refractivity contribution >= 4 is 45.0 Å². The fraction of sp³-hybridized carbons (Fsp3) is 0.364. The van der Waals surface area contributed by atoms with Gasteiger partial charge in [-0.15, -0.1) is 21.5 Å². The third-order valence-electron chi connectivity index (χ3n) is 2.44. The van der Waals surface area contributed by atoms with Gasteiger partial charge in [0.05, 0.1) is 9.54 Å². The minimum atomic E-state index is -0.848. The molecule has 0 radical (unpaired) electrons.